The van der Waals surface area contributed by atoms with Crippen LogP contribution in [0.15, 0.2) is 35.7 Å². The maximum Gasteiger partial charge on any atom is 0.322 e. The van der Waals surface area contributed by atoms with E-state index in [1.54, 1.807) is 18.4 Å². The molecule has 1 aromatic carbocycles. The third-order valence-corrected chi connectivity index (χ3v) is 5.01. The van der Waals surface area contributed by atoms with E-state index in [0.29, 0.717) is 0 Å². The molecule has 1 unspecified atom stereocenters. The second kappa shape index (κ2) is 6.40. The molecular weight excluding hydrogens is 296 g/mol. The number of hydrogen-bond donors (Lipinski definition) is 1. The summed E-state index contributed by atoms with van der Waals surface area (Å²) in [7, 11) is 1.66. The van der Waals surface area contributed by atoms with Gasteiger partial charge in [-0.15, -0.1) is 11.3 Å². The summed E-state index contributed by atoms with van der Waals surface area (Å²) in [6.07, 6.45) is 1.76. The van der Waals surface area contributed by atoms with Gasteiger partial charge in [-0.2, -0.15) is 0 Å². The van der Waals surface area contributed by atoms with Gasteiger partial charge in [-0.05, 0) is 48.1 Å². The number of rotatable bonds is 4. The molecule has 0 bridgehead atoms. The van der Waals surface area contributed by atoms with Crippen LogP contribution in [-0.4, -0.2) is 19.7 Å². The van der Waals surface area contributed by atoms with Crippen LogP contribution in [0.5, 0.6) is 5.75 Å². The Kier molecular flexibility index (Phi) is 4.34. The van der Waals surface area contributed by atoms with Crippen molar-refractivity contribution in [2.45, 2.75) is 25.8 Å². The Morgan fingerprint density at radius 2 is 2.32 bits per heavy atom. The van der Waals surface area contributed by atoms with Crippen LogP contribution in [0.25, 0.3) is 0 Å². The molecule has 0 spiro atoms. The van der Waals surface area contributed by atoms with E-state index in [4.69, 9.17) is 4.74 Å². The summed E-state index contributed by atoms with van der Waals surface area (Å²) in [5, 5.41) is 5.19. The van der Waals surface area contributed by atoms with E-state index in [9.17, 15) is 4.79 Å². The fraction of sp³-hybridized carbons (Fsp3) is 0.353. The smallest absolute Gasteiger partial charge is 0.322 e. The summed E-state index contributed by atoms with van der Waals surface area (Å²) < 4.78 is 5.25. The second-order valence-electron chi connectivity index (χ2n) is 5.32. The average Bonchev–Trinajstić information content (AvgIpc) is 3.20. The predicted molar refractivity (Wildman–Crippen MR) is 89.9 cm³/mol. The van der Waals surface area contributed by atoms with Gasteiger partial charge in [-0.3, -0.25) is 4.90 Å². The Labute approximate surface area is 134 Å². The quantitative estimate of drug-likeness (QED) is 0.927. The molecule has 1 atom stereocenters. The Morgan fingerprint density at radius 3 is 3.00 bits per heavy atom. The monoisotopic (exact) mass is 316 g/mol. The highest BCUT2D eigenvalue weighted by atomic mass is 32.1. The fourth-order valence-electron chi connectivity index (χ4n) is 2.81. The number of anilines is 1. The van der Waals surface area contributed by atoms with Gasteiger partial charge in [0.15, 0.2) is 0 Å². The van der Waals surface area contributed by atoms with Crippen molar-refractivity contribution in [2.75, 3.05) is 18.6 Å². The third-order valence-electron chi connectivity index (χ3n) is 4.02. The number of fused-ring (bicyclic) bond motifs is 1. The Morgan fingerprint density at radius 1 is 1.45 bits per heavy atom. The lowest BCUT2D eigenvalue weighted by Crippen LogP contribution is -2.40. The zero-order valence-corrected chi connectivity index (χ0v) is 13.7. The molecule has 1 aliphatic rings. The first kappa shape index (κ1) is 14.9. The summed E-state index contributed by atoms with van der Waals surface area (Å²) in [5.41, 5.74) is 2.15. The normalized spacial score (nSPS) is 14.5. The molecular formula is C17H20N2O2S. The maximum absolute atomic E-state index is 12.6. The number of amides is 2. The number of urea groups is 1. The highest BCUT2D eigenvalue weighted by Gasteiger charge is 2.26. The van der Waals surface area contributed by atoms with Gasteiger partial charge < -0.3 is 10.1 Å². The van der Waals surface area contributed by atoms with Crippen molar-refractivity contribution in [2.24, 2.45) is 0 Å². The number of nitrogens with zero attached hydrogens (tertiary/aromatic N) is 1. The van der Waals surface area contributed by atoms with Gasteiger partial charge in [0.2, 0.25) is 0 Å². The van der Waals surface area contributed by atoms with Crippen molar-refractivity contribution >= 4 is 23.1 Å². The van der Waals surface area contributed by atoms with Gasteiger partial charge >= 0.3 is 6.03 Å². The highest BCUT2D eigenvalue weighted by molar-refractivity contribution is 7.10. The summed E-state index contributed by atoms with van der Waals surface area (Å²) in [4.78, 5) is 15.6. The van der Waals surface area contributed by atoms with Gasteiger partial charge in [0, 0.05) is 17.1 Å². The van der Waals surface area contributed by atoms with Crippen molar-refractivity contribution in [3.05, 3.63) is 46.2 Å². The molecule has 3 rings (SSSR count). The molecule has 0 saturated carbocycles. The maximum atomic E-state index is 12.6. The van der Waals surface area contributed by atoms with Crippen LogP contribution in [-0.2, 0) is 6.42 Å². The molecule has 0 aliphatic carbocycles. The molecule has 4 nitrogen and oxygen atoms in total. The van der Waals surface area contributed by atoms with E-state index in [2.05, 4.69) is 18.3 Å². The third kappa shape index (κ3) is 2.81. The van der Waals surface area contributed by atoms with Crippen molar-refractivity contribution in [1.29, 1.82) is 0 Å². The zero-order valence-electron chi connectivity index (χ0n) is 12.8. The average molecular weight is 316 g/mol. The van der Waals surface area contributed by atoms with Crippen LogP contribution in [0.1, 0.15) is 29.8 Å². The summed E-state index contributed by atoms with van der Waals surface area (Å²) in [5.74, 6) is 0.839. The molecule has 2 amide bonds. The standard InChI is InChI=1S/C17H20N2O2S/c1-3-14(16-5-4-10-22-16)18-17(20)19-9-8-12-11-13(21-2)6-7-15(12)19/h4-7,10-11,14H,3,8-9H2,1-2H3,(H,18,20). The SMILES string of the molecule is CCC(NC(=O)N1CCc2cc(OC)ccc21)c1cccs1. The molecule has 0 fully saturated rings. The largest absolute Gasteiger partial charge is 0.497 e. The minimum absolute atomic E-state index is 0.0239. The Balaban J connectivity index is 1.75. The van der Waals surface area contributed by atoms with Crippen LogP contribution in [0, 0.1) is 0 Å². The molecule has 2 heterocycles. The molecule has 1 aromatic heterocycles. The van der Waals surface area contributed by atoms with Crippen molar-refractivity contribution < 1.29 is 9.53 Å². The van der Waals surface area contributed by atoms with Crippen LogP contribution in [0.4, 0.5) is 10.5 Å². The first-order valence-electron chi connectivity index (χ1n) is 7.51. The topological polar surface area (TPSA) is 41.6 Å². The number of carbonyl (C=O) groups excluding carboxylic acids is 1. The first-order chi connectivity index (χ1) is 10.7. The highest BCUT2D eigenvalue weighted by Crippen LogP contribution is 2.32. The molecule has 0 saturated heterocycles. The lowest BCUT2D eigenvalue weighted by molar-refractivity contribution is 0.243. The van der Waals surface area contributed by atoms with Gasteiger partial charge in [0.25, 0.3) is 0 Å². The Hall–Kier alpha value is -2.01. The van der Waals surface area contributed by atoms with E-state index in [1.807, 2.05) is 34.5 Å². The van der Waals surface area contributed by atoms with E-state index in [1.165, 1.54) is 10.4 Å². The summed E-state index contributed by atoms with van der Waals surface area (Å²) in [6, 6.07) is 10.0. The molecule has 116 valence electrons. The number of benzene rings is 1. The molecule has 2 aromatic rings. The first-order valence-corrected chi connectivity index (χ1v) is 8.39. The molecule has 1 N–H and O–H groups in total. The fourth-order valence-corrected chi connectivity index (χ4v) is 3.67. The second-order valence-corrected chi connectivity index (χ2v) is 6.30. The minimum Gasteiger partial charge on any atom is -0.497 e. The van der Waals surface area contributed by atoms with E-state index >= 15 is 0 Å². The predicted octanol–water partition coefficient (Wildman–Crippen LogP) is 3.98. The van der Waals surface area contributed by atoms with Gasteiger partial charge in [-0.1, -0.05) is 13.0 Å². The lowest BCUT2D eigenvalue weighted by Gasteiger charge is -2.22. The number of hydrogen-bond acceptors (Lipinski definition) is 3. The van der Waals surface area contributed by atoms with Crippen molar-refractivity contribution in [3.8, 4) is 5.75 Å². The van der Waals surface area contributed by atoms with Gasteiger partial charge in [0.1, 0.15) is 5.75 Å². The molecule has 5 heteroatoms. The van der Waals surface area contributed by atoms with Crippen LogP contribution in [0.3, 0.4) is 0 Å². The summed E-state index contributed by atoms with van der Waals surface area (Å²) in [6.45, 7) is 2.81. The Bertz CT molecular complexity index is 655. The van der Waals surface area contributed by atoms with E-state index in [0.717, 1.165) is 30.8 Å². The molecule has 1 aliphatic heterocycles. The minimum atomic E-state index is -0.0239. The van der Waals surface area contributed by atoms with Crippen molar-refractivity contribution in [3.63, 3.8) is 0 Å². The van der Waals surface area contributed by atoms with Crippen molar-refractivity contribution in [1.82, 2.24) is 5.32 Å². The van der Waals surface area contributed by atoms with Crippen LogP contribution < -0.4 is 15.0 Å². The number of methoxy groups -OCH3 is 1. The van der Waals surface area contributed by atoms with E-state index < -0.39 is 0 Å². The number of ether oxygens (including phenoxy) is 1. The zero-order chi connectivity index (χ0) is 15.5. The lowest BCUT2D eigenvalue weighted by atomic mass is 10.1. The number of nitrogens with one attached hydrogen (secondary N) is 1. The molecule has 22 heavy (non-hydrogen) atoms. The van der Waals surface area contributed by atoms with Gasteiger partial charge in [-0.25, -0.2) is 4.79 Å². The summed E-state index contributed by atoms with van der Waals surface area (Å²) >= 11 is 1.68. The molecule has 0 radical (unpaired) electrons. The number of thiophene rings is 1. The van der Waals surface area contributed by atoms with Gasteiger partial charge in [0.05, 0.1) is 13.2 Å². The number of carbonyl (C=O) groups is 1. The van der Waals surface area contributed by atoms with E-state index in [-0.39, 0.29) is 12.1 Å². The van der Waals surface area contributed by atoms with Crippen LogP contribution >= 0.6 is 11.3 Å². The van der Waals surface area contributed by atoms with Crippen LogP contribution in [0.2, 0.25) is 0 Å².